The highest BCUT2D eigenvalue weighted by atomic mass is 16.8. The zero-order valence-electron chi connectivity index (χ0n) is 90.1. The van der Waals surface area contributed by atoms with Crippen molar-refractivity contribution in [3.63, 3.8) is 0 Å². The molecule has 150 heavy (non-hydrogen) atoms. The summed E-state index contributed by atoms with van der Waals surface area (Å²) in [6.07, 6.45) is -56.6. The van der Waals surface area contributed by atoms with Gasteiger partial charge in [-0.25, -0.2) is 0 Å². The number of nitrogens with two attached hydrogens (primary N) is 2. The lowest BCUT2D eigenvalue weighted by Crippen LogP contribution is -2.68. The Morgan fingerprint density at radius 2 is 1.05 bits per heavy atom. The van der Waals surface area contributed by atoms with Crippen molar-refractivity contribution in [2.24, 2.45) is 58.8 Å². The van der Waals surface area contributed by atoms with E-state index >= 15 is 0 Å². The van der Waals surface area contributed by atoms with Crippen LogP contribution in [0.3, 0.4) is 0 Å². The van der Waals surface area contributed by atoms with Crippen molar-refractivity contribution in [2.75, 3.05) is 6.61 Å². The zero-order chi connectivity index (χ0) is 112. The molecule has 25 unspecified atom stereocenters. The number of hydrogen-bond donors (Lipinski definition) is 27. The normalized spacial score (nSPS) is 46.8. The fourth-order valence-electron chi connectivity index (χ4n) is 21.7. The molecule has 0 aromatic carbocycles. The molecule has 2 amide bonds. The van der Waals surface area contributed by atoms with Gasteiger partial charge in [0.25, 0.3) is 0 Å². The van der Waals surface area contributed by atoms with E-state index in [-0.39, 0.29) is 82.0 Å². The van der Waals surface area contributed by atoms with Gasteiger partial charge in [-0.15, -0.1) is 0 Å². The molecule has 0 spiro atoms. The molecule has 8 saturated heterocycles. The Morgan fingerprint density at radius 1 is 0.493 bits per heavy atom. The summed E-state index contributed by atoms with van der Waals surface area (Å²) in [5.74, 6) is -10.8. The van der Waals surface area contributed by atoms with Crippen LogP contribution in [0.15, 0.2) is 36.5 Å². The summed E-state index contributed by atoms with van der Waals surface area (Å²) < 4.78 is 103. The van der Waals surface area contributed by atoms with E-state index in [2.05, 4.69) is 10.6 Å². The number of carbonyl (C=O) groups excluding carboxylic acids is 3. The smallest absolute Gasteiger partial charge is 0.312 e. The van der Waals surface area contributed by atoms with Gasteiger partial charge in [-0.1, -0.05) is 105 Å². The van der Waals surface area contributed by atoms with Crippen molar-refractivity contribution < 1.29 is 208 Å². The molecule has 46 heteroatoms. The van der Waals surface area contributed by atoms with Gasteiger partial charge in [-0.2, -0.15) is 0 Å². The van der Waals surface area contributed by atoms with Gasteiger partial charge in [0.15, 0.2) is 49.8 Å². The molecule has 8 fully saturated rings. The van der Waals surface area contributed by atoms with Crippen LogP contribution < -0.4 is 22.1 Å². The van der Waals surface area contributed by atoms with Crippen LogP contribution in [-0.2, 0) is 90.2 Å². The van der Waals surface area contributed by atoms with E-state index in [1.165, 1.54) is 86.6 Å². The van der Waals surface area contributed by atoms with Gasteiger partial charge in [-0.05, 0) is 137 Å². The van der Waals surface area contributed by atoms with E-state index in [9.17, 15) is 132 Å². The number of ether oxygens (including phenoxy) is 16. The summed E-state index contributed by atoms with van der Waals surface area (Å²) >= 11 is 0. The lowest BCUT2D eigenvalue weighted by molar-refractivity contribution is -0.405. The number of nitrogens with one attached hydrogen (secondary N) is 2. The van der Waals surface area contributed by atoms with Gasteiger partial charge >= 0.3 is 5.97 Å². The molecule has 9 aliphatic heterocycles. The van der Waals surface area contributed by atoms with E-state index in [0.717, 1.165) is 0 Å². The quantitative estimate of drug-likeness (QED) is 0.0191. The average molecular weight is 2160 g/mol. The Morgan fingerprint density at radius 3 is 1.66 bits per heavy atom. The molecule has 9 rings (SSSR count). The number of allylic oxidation sites excluding steroid dienone is 2. The third-order valence-electron chi connectivity index (χ3n) is 32.3. The fraction of sp³-hybridized carbons (Fsp3) is 0.913. The minimum atomic E-state index is -3.01. The van der Waals surface area contributed by atoms with Crippen molar-refractivity contribution in [3.05, 3.63) is 36.5 Å². The van der Waals surface area contributed by atoms with Crippen molar-refractivity contribution in [1.82, 2.24) is 10.6 Å². The molecule has 0 aliphatic carbocycles. The van der Waals surface area contributed by atoms with Crippen LogP contribution in [0.5, 0.6) is 0 Å². The molecule has 0 radical (unpaired) electrons. The highest BCUT2D eigenvalue weighted by Gasteiger charge is 2.60. The van der Waals surface area contributed by atoms with Gasteiger partial charge in [0.05, 0.1) is 159 Å². The van der Waals surface area contributed by atoms with E-state index < -0.39 is 379 Å². The standard InChI is InChI=1S/C104H184N4O42/c1-19-65-70(118)30-24-28-61(112)35-63(114)33-31-46(3)76(144-102-95(149-99-89(128)87(126)81(105)53(10)139-99)94(147-79-40-67(108-60(17)111)84(123)55(12)137-79)92(57(14)141-102)148-101-91(130)93(85(124)56(13)140-101)146-78-39-66(107-59(16)110)83(122)54(11)136-78)42-104(134)97(132)72(120)41-75(150-104)51(8)74(143-100-90(129)88(127)86(125)77(44-109)145-100)38-64(115)36-71(119)50(7)68(116)29-23-21-25-45(2)73(142-98(65)133)37-62(113)27-22-20-26-47(4)82(121)48(5)32-34-69(117)49(6)52(9)135-80-43-103(18,106)96(131)58(15)138-80/h21,23-25,29-30,45-58,61-97,99-102,109,112-132,134H,19-20,22,26-28,31-44,105-106H2,1-18H3,(H,107,110)(H,108,111)/b25-21+,29-23+,30-24-/t45?,46?,47?,48?,49?,50?,51?,52?,53-,54-,55-,56-,57-,58+,61?,62?,63?,64?,65?,66-,67-,68?,69?,70?,71?,72?,73?,74?,75?,76?,77-,78+,79+,80-,81-,82?,83-,84-,85-,86-,87+,88+,89-,90-,91-,92-,93+,94+,95-,96-,97?,99+,100-,101+,102+,103+,104?/m1/s1. The van der Waals surface area contributed by atoms with E-state index in [1.54, 1.807) is 46.8 Å². The molecule has 0 aromatic rings. The number of esters is 1. The zero-order valence-corrected chi connectivity index (χ0v) is 90.1. The third kappa shape index (κ3) is 35.3. The predicted molar refractivity (Wildman–Crippen MR) is 532 cm³/mol. The third-order valence-corrected chi connectivity index (χ3v) is 32.3. The summed E-state index contributed by atoms with van der Waals surface area (Å²) in [5, 5.41) is 275. The van der Waals surface area contributed by atoms with Crippen molar-refractivity contribution >= 4 is 17.8 Å². The second kappa shape index (κ2) is 58.9. The van der Waals surface area contributed by atoms with Crippen molar-refractivity contribution in [3.8, 4) is 0 Å². The van der Waals surface area contributed by atoms with Crippen LogP contribution in [-0.4, -0.2) is 441 Å². The lowest BCUT2D eigenvalue weighted by Gasteiger charge is -2.52. The van der Waals surface area contributed by atoms with Crippen LogP contribution in [0.1, 0.15) is 247 Å². The molecule has 46 nitrogen and oxygen atoms in total. The fourth-order valence-corrected chi connectivity index (χ4v) is 21.7. The van der Waals surface area contributed by atoms with Crippen LogP contribution in [0.25, 0.3) is 0 Å². The van der Waals surface area contributed by atoms with Crippen LogP contribution >= 0.6 is 0 Å². The molecule has 57 atom stereocenters. The first kappa shape index (κ1) is 129. The van der Waals surface area contributed by atoms with Crippen molar-refractivity contribution in [1.29, 1.82) is 0 Å². The maximum Gasteiger partial charge on any atom is 0.312 e. The molecule has 0 aromatic heterocycles. The second-order valence-corrected chi connectivity index (χ2v) is 44.8. The number of amides is 2. The highest BCUT2D eigenvalue weighted by molar-refractivity contribution is 5.74. The Bertz CT molecular complexity index is 4070. The van der Waals surface area contributed by atoms with Gasteiger partial charge in [0.2, 0.25) is 11.8 Å². The second-order valence-electron chi connectivity index (χ2n) is 44.8. The summed E-state index contributed by atoms with van der Waals surface area (Å²) in [6.45, 7) is 27.9. The van der Waals surface area contributed by atoms with E-state index in [0.29, 0.717) is 32.1 Å². The first-order valence-corrected chi connectivity index (χ1v) is 54.1. The monoisotopic (exact) mass is 2160 g/mol. The SMILES string of the molecule is CCC1C(=O)OC(CC(O)CCCCC(C)C(O)C(C)CCC(O)C(C)C(C)O[C@H]2C[C@](C)(N)[C@H](O)[C@H](C)O2)C(C)/C=C/C=C/C(O)C(C)C(O)CC(O)CC(O[C@@H]2O[C@H](CO)[C@@H](O)[C@H](O)[C@H]2O)C(C)C2CC(O)C(O)C(O)(CC(O[C@@H]3O[C@H](C)[C@@H](O[C@@H]4O[C@H](C)[C@@H](O)[C@H](O[C@H]5C[C@@H](NC(C)=O)[C@H](O)[C@@H](C)O5)[C@H]4O)[C@H](O[C@H]4C[C@@H](NC(C)=O)[C@H](O)[C@@H](C)O4)[C@H]3O[C@@H]3O[C@H](C)[C@@H](N)[C@H](O)[C@H]3O)C(C)CCC(O)CC(O)C/C=C\C1O)O2. The van der Waals surface area contributed by atoms with Gasteiger partial charge in [-0.3, -0.25) is 14.4 Å². The Labute approximate surface area is 880 Å². The number of rotatable bonds is 32. The Hall–Kier alpha value is -3.97. The average Bonchev–Trinajstić information content (AvgIpc) is 0.765. The van der Waals surface area contributed by atoms with E-state index in [4.69, 9.17) is 87.3 Å². The largest absolute Gasteiger partial charge is 0.461 e. The van der Waals surface area contributed by atoms with Crippen LogP contribution in [0.2, 0.25) is 0 Å². The molecule has 9 aliphatic rings. The number of hydrogen-bond acceptors (Lipinski definition) is 44. The summed E-state index contributed by atoms with van der Waals surface area (Å²) in [6, 6.07) is -3.24. The topological polar surface area (TPSA) is 740 Å². The molecule has 2 bridgehead atoms. The predicted octanol–water partition coefficient (Wildman–Crippen LogP) is -2.30. The van der Waals surface area contributed by atoms with Gasteiger partial charge in [0, 0.05) is 88.0 Å². The number of cyclic esters (lactones) is 1. The summed E-state index contributed by atoms with van der Waals surface area (Å²) in [4.78, 5) is 39.7. The van der Waals surface area contributed by atoms with E-state index in [1.807, 2.05) is 27.7 Å². The maximum absolute atomic E-state index is 14.5. The van der Waals surface area contributed by atoms with Crippen molar-refractivity contribution in [2.45, 2.75) is 546 Å². The minimum absolute atomic E-state index is 0.0463. The molecule has 872 valence electrons. The number of unbranched alkanes of at least 4 members (excludes halogenated alkanes) is 1. The number of fused-ring (bicyclic) bond motifs is 2. The summed E-state index contributed by atoms with van der Waals surface area (Å²) in [7, 11) is 0. The molecule has 0 saturated carbocycles. The Kier molecular flexibility index (Phi) is 50.8. The molecule has 9 heterocycles. The minimum Gasteiger partial charge on any atom is -0.461 e. The molecule has 29 N–H and O–H groups in total. The van der Waals surface area contributed by atoms with Gasteiger partial charge in [0.1, 0.15) is 97.7 Å². The summed E-state index contributed by atoms with van der Waals surface area (Å²) in [5.41, 5.74) is 11.8. The Balaban J connectivity index is 1.02. The number of aliphatic hydroxyl groups excluding tert-OH is 22. The lowest BCUT2D eigenvalue weighted by atomic mass is 9.82. The van der Waals surface area contributed by atoms with Crippen LogP contribution in [0.4, 0.5) is 0 Å². The number of aliphatic hydroxyl groups is 23. The van der Waals surface area contributed by atoms with Crippen LogP contribution in [0, 0.1) is 47.3 Å². The van der Waals surface area contributed by atoms with Gasteiger partial charge < -0.3 is 215 Å². The molecular formula is C104H184N4O42. The number of carbonyl (C=O) groups is 3. The maximum atomic E-state index is 14.5. The highest BCUT2D eigenvalue weighted by Crippen LogP contribution is 2.45. The first-order chi connectivity index (χ1) is 70.3. The first-order valence-electron chi connectivity index (χ1n) is 54.1. The molecular weight excluding hydrogens is 1980 g/mol.